The largest absolute Gasteiger partial charge is 0.384 e. The maximum Gasteiger partial charge on any atom is 0.228 e. The molecule has 25 heavy (non-hydrogen) atoms. The van der Waals surface area contributed by atoms with Gasteiger partial charge in [0.05, 0.1) is 29.7 Å². The van der Waals surface area contributed by atoms with Crippen LogP contribution in [-0.4, -0.2) is 20.9 Å². The molecule has 1 aliphatic rings. The van der Waals surface area contributed by atoms with E-state index in [2.05, 4.69) is 25.6 Å². The van der Waals surface area contributed by atoms with Crippen LogP contribution in [0.25, 0.3) is 11.3 Å². The summed E-state index contributed by atoms with van der Waals surface area (Å²) in [7, 11) is 0. The van der Waals surface area contributed by atoms with Crippen LogP contribution in [0.15, 0.2) is 42.7 Å². The van der Waals surface area contributed by atoms with Gasteiger partial charge in [-0.05, 0) is 30.3 Å². The number of aromatic nitrogens is 3. The molecule has 8 heteroatoms. The highest BCUT2D eigenvalue weighted by molar-refractivity contribution is 6.31. The zero-order valence-electron chi connectivity index (χ0n) is 13.0. The van der Waals surface area contributed by atoms with Crippen LogP contribution >= 0.6 is 11.6 Å². The Hall–Kier alpha value is -3.19. The maximum atomic E-state index is 12.1. The average molecular weight is 353 g/mol. The van der Waals surface area contributed by atoms with Gasteiger partial charge in [0.1, 0.15) is 5.82 Å². The second kappa shape index (κ2) is 6.03. The molecule has 4 rings (SSSR count). The van der Waals surface area contributed by atoms with Gasteiger partial charge in [0, 0.05) is 22.3 Å². The van der Waals surface area contributed by atoms with Gasteiger partial charge in [-0.3, -0.25) is 4.79 Å². The molecule has 0 fully saturated rings. The van der Waals surface area contributed by atoms with Crippen molar-refractivity contribution in [3.8, 4) is 11.3 Å². The summed E-state index contributed by atoms with van der Waals surface area (Å²) in [4.78, 5) is 25.0. The highest BCUT2D eigenvalue weighted by atomic mass is 35.5. The van der Waals surface area contributed by atoms with Gasteiger partial charge in [0.15, 0.2) is 0 Å². The Bertz CT molecular complexity index is 973. The number of carbonyl (C=O) groups excluding carboxylic acids is 1. The van der Waals surface area contributed by atoms with Crippen LogP contribution in [0.3, 0.4) is 0 Å². The van der Waals surface area contributed by atoms with Gasteiger partial charge >= 0.3 is 0 Å². The fourth-order valence-electron chi connectivity index (χ4n) is 2.63. The van der Waals surface area contributed by atoms with E-state index in [1.165, 1.54) is 0 Å². The van der Waals surface area contributed by atoms with E-state index in [1.807, 2.05) is 6.07 Å². The first kappa shape index (κ1) is 15.3. The van der Waals surface area contributed by atoms with Crippen molar-refractivity contribution in [1.29, 1.82) is 0 Å². The lowest BCUT2D eigenvalue weighted by Crippen LogP contribution is -2.12. The van der Waals surface area contributed by atoms with Gasteiger partial charge in [0.25, 0.3) is 0 Å². The van der Waals surface area contributed by atoms with Crippen LogP contribution in [0.1, 0.15) is 5.56 Å². The molecule has 0 saturated heterocycles. The Kier molecular flexibility index (Phi) is 3.70. The standard InChI is InChI=1S/C17H13ClN6O/c18-10-1-3-12-13(6-10)23-15(25)5-9-7-21-17(24-16(9)12)22-11-2-4-14(19)20-8-11/h1-4,6-8H,5H2,(H2,19,20)(H,23,25)(H,21,22,24). The lowest BCUT2D eigenvalue weighted by molar-refractivity contribution is -0.115. The monoisotopic (exact) mass is 352 g/mol. The van der Waals surface area contributed by atoms with E-state index in [1.54, 1.807) is 36.7 Å². The smallest absolute Gasteiger partial charge is 0.228 e. The van der Waals surface area contributed by atoms with Gasteiger partial charge in [0.2, 0.25) is 11.9 Å². The van der Waals surface area contributed by atoms with Gasteiger partial charge < -0.3 is 16.4 Å². The van der Waals surface area contributed by atoms with Crippen molar-refractivity contribution in [1.82, 2.24) is 15.0 Å². The predicted octanol–water partition coefficient (Wildman–Crippen LogP) is 3.01. The average Bonchev–Trinajstić information content (AvgIpc) is 2.71. The number of nitrogens with one attached hydrogen (secondary N) is 2. The summed E-state index contributed by atoms with van der Waals surface area (Å²) in [5.41, 5.74) is 9.17. The summed E-state index contributed by atoms with van der Waals surface area (Å²) in [6.45, 7) is 0. The fourth-order valence-corrected chi connectivity index (χ4v) is 2.80. The molecule has 3 aromatic rings. The number of carbonyl (C=O) groups is 1. The number of hydrogen-bond acceptors (Lipinski definition) is 6. The minimum absolute atomic E-state index is 0.130. The highest BCUT2D eigenvalue weighted by Gasteiger charge is 2.21. The molecule has 0 aliphatic carbocycles. The molecule has 7 nitrogen and oxygen atoms in total. The van der Waals surface area contributed by atoms with Crippen LogP contribution < -0.4 is 16.4 Å². The molecule has 124 valence electrons. The van der Waals surface area contributed by atoms with Crippen LogP contribution in [0, 0.1) is 0 Å². The second-order valence-corrected chi connectivity index (χ2v) is 6.02. The topological polar surface area (TPSA) is 106 Å². The predicted molar refractivity (Wildman–Crippen MR) is 96.7 cm³/mol. The minimum Gasteiger partial charge on any atom is -0.384 e. The van der Waals surface area contributed by atoms with Crippen molar-refractivity contribution in [3.05, 3.63) is 53.3 Å². The molecule has 4 N–H and O–H groups in total. The molecule has 0 unspecified atom stereocenters. The van der Waals surface area contributed by atoms with Gasteiger partial charge in [-0.1, -0.05) is 11.6 Å². The van der Waals surface area contributed by atoms with E-state index in [0.29, 0.717) is 33.9 Å². The third kappa shape index (κ3) is 3.09. The summed E-state index contributed by atoms with van der Waals surface area (Å²) in [5.74, 6) is 0.707. The summed E-state index contributed by atoms with van der Waals surface area (Å²) < 4.78 is 0. The molecule has 0 bridgehead atoms. The number of nitrogens with two attached hydrogens (primary N) is 1. The Morgan fingerprint density at radius 3 is 2.84 bits per heavy atom. The third-order valence-corrected chi connectivity index (χ3v) is 4.00. The quantitative estimate of drug-likeness (QED) is 0.654. The molecule has 3 heterocycles. The van der Waals surface area contributed by atoms with Crippen molar-refractivity contribution < 1.29 is 4.79 Å². The van der Waals surface area contributed by atoms with E-state index in [9.17, 15) is 4.79 Å². The van der Waals surface area contributed by atoms with E-state index in [0.717, 1.165) is 11.1 Å². The minimum atomic E-state index is -0.130. The zero-order valence-corrected chi connectivity index (χ0v) is 13.7. The number of benzene rings is 1. The second-order valence-electron chi connectivity index (χ2n) is 5.58. The number of halogens is 1. The number of hydrogen-bond donors (Lipinski definition) is 3. The number of anilines is 4. The lowest BCUT2D eigenvalue weighted by Gasteiger charge is -2.10. The van der Waals surface area contributed by atoms with Crippen LogP contribution in [0.2, 0.25) is 5.02 Å². The summed E-state index contributed by atoms with van der Waals surface area (Å²) >= 11 is 6.04. The van der Waals surface area contributed by atoms with Crippen molar-refractivity contribution in [3.63, 3.8) is 0 Å². The molecule has 1 amide bonds. The van der Waals surface area contributed by atoms with Gasteiger partial charge in [-0.2, -0.15) is 0 Å². The molecular formula is C17H13ClN6O. The Labute approximate surface area is 148 Å². The Morgan fingerprint density at radius 1 is 1.16 bits per heavy atom. The molecule has 0 radical (unpaired) electrons. The first-order valence-electron chi connectivity index (χ1n) is 7.53. The molecule has 2 aromatic heterocycles. The molecule has 1 aromatic carbocycles. The third-order valence-electron chi connectivity index (χ3n) is 3.77. The fraction of sp³-hybridized carbons (Fsp3) is 0.0588. The summed E-state index contributed by atoms with van der Waals surface area (Å²) in [5, 5.41) is 6.48. The number of pyridine rings is 1. The molecule has 0 saturated carbocycles. The number of fused-ring (bicyclic) bond motifs is 3. The number of nitrogens with zero attached hydrogens (tertiary/aromatic N) is 3. The number of nitrogen functional groups attached to an aromatic ring is 1. The summed E-state index contributed by atoms with van der Waals surface area (Å²) in [6, 6.07) is 8.79. The van der Waals surface area contributed by atoms with E-state index in [-0.39, 0.29) is 12.3 Å². The van der Waals surface area contributed by atoms with Crippen LogP contribution in [-0.2, 0) is 11.2 Å². The first-order chi connectivity index (χ1) is 12.1. The maximum absolute atomic E-state index is 12.1. The Morgan fingerprint density at radius 2 is 2.04 bits per heavy atom. The summed E-state index contributed by atoms with van der Waals surface area (Å²) in [6.07, 6.45) is 3.45. The Balaban J connectivity index is 1.77. The highest BCUT2D eigenvalue weighted by Crippen LogP contribution is 2.34. The van der Waals surface area contributed by atoms with Gasteiger partial charge in [-0.25, -0.2) is 15.0 Å². The lowest BCUT2D eigenvalue weighted by atomic mass is 10.1. The van der Waals surface area contributed by atoms with Gasteiger partial charge in [-0.15, -0.1) is 0 Å². The first-order valence-corrected chi connectivity index (χ1v) is 7.90. The molecule has 0 atom stereocenters. The SMILES string of the molecule is Nc1ccc(Nc2ncc3c(n2)-c2ccc(Cl)cc2NC(=O)C3)cn1. The zero-order chi connectivity index (χ0) is 17.4. The molecule has 0 spiro atoms. The van der Waals surface area contributed by atoms with E-state index >= 15 is 0 Å². The number of amides is 1. The van der Waals surface area contributed by atoms with Crippen molar-refractivity contribution in [2.24, 2.45) is 0 Å². The van der Waals surface area contributed by atoms with Crippen LogP contribution in [0.5, 0.6) is 0 Å². The van der Waals surface area contributed by atoms with Crippen molar-refractivity contribution >= 4 is 40.6 Å². The van der Waals surface area contributed by atoms with Crippen molar-refractivity contribution in [2.75, 3.05) is 16.4 Å². The number of rotatable bonds is 2. The normalized spacial score (nSPS) is 12.6. The van der Waals surface area contributed by atoms with E-state index < -0.39 is 0 Å². The van der Waals surface area contributed by atoms with Crippen molar-refractivity contribution in [2.45, 2.75) is 6.42 Å². The van der Waals surface area contributed by atoms with E-state index in [4.69, 9.17) is 17.3 Å². The van der Waals surface area contributed by atoms with Crippen LogP contribution in [0.4, 0.5) is 23.1 Å². The molecular weight excluding hydrogens is 340 g/mol. The molecule has 1 aliphatic heterocycles.